The predicted molar refractivity (Wildman–Crippen MR) is 72.5 cm³/mol. The molecular formula is C13H29N3O. The van der Waals surface area contributed by atoms with Gasteiger partial charge in [-0.05, 0) is 6.54 Å². The quantitative estimate of drug-likeness (QED) is 0.677. The Bertz CT molecular complexity index is 182. The molecule has 102 valence electrons. The number of nitrogens with one attached hydrogen (secondary N) is 1. The maximum atomic E-state index is 5.36. The third-order valence-electron chi connectivity index (χ3n) is 3.26. The molecule has 17 heavy (non-hydrogen) atoms. The molecule has 4 nitrogen and oxygen atoms in total. The van der Waals surface area contributed by atoms with E-state index in [1.54, 1.807) is 0 Å². The van der Waals surface area contributed by atoms with E-state index in [0.29, 0.717) is 6.04 Å². The molecule has 1 heterocycles. The minimum atomic E-state index is 0.591. The topological polar surface area (TPSA) is 27.7 Å². The standard InChI is InChI=1S/C13H29N3O/c1-4-15(6-5-14-13(2)3)7-8-16-9-11-17-12-10-16/h13-14H,4-12H2,1-3H3. The SMILES string of the molecule is CCN(CCNC(C)C)CCN1CCOCC1. The maximum Gasteiger partial charge on any atom is 0.0594 e. The van der Waals surface area contributed by atoms with Crippen molar-refractivity contribution in [3.8, 4) is 0 Å². The normalized spacial score (nSPS) is 18.2. The molecule has 1 aliphatic heterocycles. The molecule has 1 aliphatic rings. The van der Waals surface area contributed by atoms with Crippen molar-refractivity contribution in [3.05, 3.63) is 0 Å². The maximum absolute atomic E-state index is 5.36. The largest absolute Gasteiger partial charge is 0.379 e. The highest BCUT2D eigenvalue weighted by Gasteiger charge is 2.11. The van der Waals surface area contributed by atoms with Crippen LogP contribution in [0.15, 0.2) is 0 Å². The van der Waals surface area contributed by atoms with Gasteiger partial charge in [-0.15, -0.1) is 0 Å². The van der Waals surface area contributed by atoms with Gasteiger partial charge in [0, 0.05) is 45.3 Å². The van der Waals surface area contributed by atoms with Crippen LogP contribution in [-0.4, -0.2) is 74.9 Å². The van der Waals surface area contributed by atoms with E-state index in [1.807, 2.05) is 0 Å². The van der Waals surface area contributed by atoms with Crippen LogP contribution in [0.25, 0.3) is 0 Å². The predicted octanol–water partition coefficient (Wildman–Crippen LogP) is 0.639. The van der Waals surface area contributed by atoms with Gasteiger partial charge in [0.05, 0.1) is 13.2 Å². The van der Waals surface area contributed by atoms with Crippen molar-refractivity contribution in [3.63, 3.8) is 0 Å². The van der Waals surface area contributed by atoms with Gasteiger partial charge in [0.15, 0.2) is 0 Å². The van der Waals surface area contributed by atoms with Crippen LogP contribution in [0, 0.1) is 0 Å². The number of rotatable bonds is 8. The smallest absolute Gasteiger partial charge is 0.0594 e. The molecule has 0 aromatic carbocycles. The number of likely N-dealkylation sites (N-methyl/N-ethyl adjacent to an activating group) is 1. The van der Waals surface area contributed by atoms with Gasteiger partial charge < -0.3 is 15.0 Å². The zero-order valence-corrected chi connectivity index (χ0v) is 11.7. The van der Waals surface area contributed by atoms with Crippen molar-refractivity contribution in [1.29, 1.82) is 0 Å². The van der Waals surface area contributed by atoms with Crippen LogP contribution in [0.3, 0.4) is 0 Å². The van der Waals surface area contributed by atoms with Gasteiger partial charge in [0.1, 0.15) is 0 Å². The molecule has 1 rings (SSSR count). The summed E-state index contributed by atoms with van der Waals surface area (Å²) in [6.45, 7) is 16.4. The molecule has 0 aromatic heterocycles. The third-order valence-corrected chi connectivity index (χ3v) is 3.26. The molecule has 0 radical (unpaired) electrons. The molecule has 0 atom stereocenters. The lowest BCUT2D eigenvalue weighted by Gasteiger charge is -2.29. The Hall–Kier alpha value is -0.160. The van der Waals surface area contributed by atoms with Crippen LogP contribution in [-0.2, 0) is 4.74 Å². The van der Waals surface area contributed by atoms with Gasteiger partial charge in [-0.2, -0.15) is 0 Å². The molecule has 0 saturated carbocycles. The van der Waals surface area contributed by atoms with E-state index in [0.717, 1.165) is 45.9 Å². The lowest BCUT2D eigenvalue weighted by Crippen LogP contribution is -2.43. The Morgan fingerprint density at radius 1 is 1.24 bits per heavy atom. The Labute approximate surface area is 106 Å². The average molecular weight is 243 g/mol. The molecule has 0 amide bonds. The Balaban J connectivity index is 2.08. The van der Waals surface area contributed by atoms with Gasteiger partial charge in [0.2, 0.25) is 0 Å². The van der Waals surface area contributed by atoms with Crippen molar-refractivity contribution in [2.75, 3.05) is 59.0 Å². The summed E-state index contributed by atoms with van der Waals surface area (Å²) in [6, 6.07) is 0.591. The fourth-order valence-corrected chi connectivity index (χ4v) is 2.05. The van der Waals surface area contributed by atoms with Gasteiger partial charge >= 0.3 is 0 Å². The molecule has 1 saturated heterocycles. The monoisotopic (exact) mass is 243 g/mol. The first-order valence-electron chi connectivity index (χ1n) is 6.98. The van der Waals surface area contributed by atoms with E-state index in [2.05, 4.69) is 35.9 Å². The Morgan fingerprint density at radius 2 is 1.94 bits per heavy atom. The first kappa shape index (κ1) is 14.9. The molecule has 0 bridgehead atoms. The highest BCUT2D eigenvalue weighted by atomic mass is 16.5. The fraction of sp³-hybridized carbons (Fsp3) is 1.00. The molecule has 1 fully saturated rings. The number of morpholine rings is 1. The van der Waals surface area contributed by atoms with Crippen molar-refractivity contribution >= 4 is 0 Å². The van der Waals surface area contributed by atoms with Crippen LogP contribution in [0.4, 0.5) is 0 Å². The third kappa shape index (κ3) is 6.99. The van der Waals surface area contributed by atoms with Crippen molar-refractivity contribution in [2.45, 2.75) is 26.8 Å². The zero-order chi connectivity index (χ0) is 12.5. The Kier molecular flexibility index (Phi) is 7.77. The summed E-state index contributed by atoms with van der Waals surface area (Å²) < 4.78 is 5.36. The van der Waals surface area contributed by atoms with Crippen LogP contribution in [0.5, 0.6) is 0 Å². The summed E-state index contributed by atoms with van der Waals surface area (Å²) in [6.07, 6.45) is 0. The minimum Gasteiger partial charge on any atom is -0.379 e. The second-order valence-corrected chi connectivity index (χ2v) is 5.00. The molecule has 0 aliphatic carbocycles. The van der Waals surface area contributed by atoms with Crippen molar-refractivity contribution in [2.24, 2.45) is 0 Å². The molecular weight excluding hydrogens is 214 g/mol. The van der Waals surface area contributed by atoms with Crippen LogP contribution >= 0.6 is 0 Å². The number of nitrogens with zero attached hydrogens (tertiary/aromatic N) is 2. The molecule has 0 spiro atoms. The highest BCUT2D eigenvalue weighted by molar-refractivity contribution is 4.66. The number of hydrogen-bond acceptors (Lipinski definition) is 4. The summed E-state index contributed by atoms with van der Waals surface area (Å²) in [7, 11) is 0. The summed E-state index contributed by atoms with van der Waals surface area (Å²) in [5.74, 6) is 0. The van der Waals surface area contributed by atoms with Crippen LogP contribution < -0.4 is 5.32 Å². The fourth-order valence-electron chi connectivity index (χ4n) is 2.05. The lowest BCUT2D eigenvalue weighted by atomic mass is 10.3. The molecule has 0 unspecified atom stereocenters. The Morgan fingerprint density at radius 3 is 2.53 bits per heavy atom. The minimum absolute atomic E-state index is 0.591. The van der Waals surface area contributed by atoms with Gasteiger partial charge in [-0.1, -0.05) is 20.8 Å². The van der Waals surface area contributed by atoms with E-state index in [4.69, 9.17) is 4.74 Å². The first-order valence-corrected chi connectivity index (χ1v) is 6.98. The number of ether oxygens (including phenoxy) is 1. The number of hydrogen-bond donors (Lipinski definition) is 1. The van der Waals surface area contributed by atoms with Gasteiger partial charge in [-0.3, -0.25) is 4.90 Å². The zero-order valence-electron chi connectivity index (χ0n) is 11.7. The first-order chi connectivity index (χ1) is 8.22. The van der Waals surface area contributed by atoms with E-state index < -0.39 is 0 Å². The molecule has 0 aromatic rings. The second kappa shape index (κ2) is 8.86. The van der Waals surface area contributed by atoms with Crippen LogP contribution in [0.2, 0.25) is 0 Å². The lowest BCUT2D eigenvalue weighted by molar-refractivity contribution is 0.0336. The van der Waals surface area contributed by atoms with Crippen molar-refractivity contribution in [1.82, 2.24) is 15.1 Å². The van der Waals surface area contributed by atoms with E-state index >= 15 is 0 Å². The van der Waals surface area contributed by atoms with E-state index in [1.165, 1.54) is 13.1 Å². The second-order valence-electron chi connectivity index (χ2n) is 5.00. The van der Waals surface area contributed by atoms with E-state index in [-0.39, 0.29) is 0 Å². The summed E-state index contributed by atoms with van der Waals surface area (Å²) in [4.78, 5) is 5.02. The van der Waals surface area contributed by atoms with Crippen molar-refractivity contribution < 1.29 is 4.74 Å². The summed E-state index contributed by atoms with van der Waals surface area (Å²) in [5, 5.41) is 3.47. The summed E-state index contributed by atoms with van der Waals surface area (Å²) >= 11 is 0. The summed E-state index contributed by atoms with van der Waals surface area (Å²) in [5.41, 5.74) is 0. The van der Waals surface area contributed by atoms with Gasteiger partial charge in [-0.25, -0.2) is 0 Å². The molecule has 4 heteroatoms. The molecule has 1 N–H and O–H groups in total. The highest BCUT2D eigenvalue weighted by Crippen LogP contribution is 1.97. The van der Waals surface area contributed by atoms with E-state index in [9.17, 15) is 0 Å². The van der Waals surface area contributed by atoms with Crippen LogP contribution in [0.1, 0.15) is 20.8 Å². The van der Waals surface area contributed by atoms with Gasteiger partial charge in [0.25, 0.3) is 0 Å². The average Bonchev–Trinajstić information content (AvgIpc) is 2.34.